The van der Waals surface area contributed by atoms with E-state index in [0.29, 0.717) is 17.1 Å². The summed E-state index contributed by atoms with van der Waals surface area (Å²) in [6.07, 6.45) is 0. The third kappa shape index (κ3) is 1.86. The standard InChI is InChI=1S/C12H8FN3OS/c13-7-3-4-9(14)8(6-7)12-15-11(16-17-12)10-2-1-5-18-10/h1-6H,14H2. The summed E-state index contributed by atoms with van der Waals surface area (Å²) in [7, 11) is 0. The molecule has 3 rings (SSSR count). The van der Waals surface area contributed by atoms with Crippen molar-refractivity contribution in [2.75, 3.05) is 5.73 Å². The molecule has 0 unspecified atom stereocenters. The van der Waals surface area contributed by atoms with Gasteiger partial charge in [-0.25, -0.2) is 4.39 Å². The minimum Gasteiger partial charge on any atom is -0.398 e. The zero-order chi connectivity index (χ0) is 12.5. The van der Waals surface area contributed by atoms with Crippen LogP contribution in [0.3, 0.4) is 0 Å². The van der Waals surface area contributed by atoms with Crippen LogP contribution in [-0.4, -0.2) is 10.1 Å². The van der Waals surface area contributed by atoms with Crippen LogP contribution in [0, 0.1) is 5.82 Å². The van der Waals surface area contributed by atoms with E-state index < -0.39 is 5.82 Å². The van der Waals surface area contributed by atoms with Gasteiger partial charge in [0.15, 0.2) is 0 Å². The van der Waals surface area contributed by atoms with Gasteiger partial charge in [0.1, 0.15) is 5.82 Å². The molecule has 0 radical (unpaired) electrons. The van der Waals surface area contributed by atoms with Crippen LogP contribution in [0.15, 0.2) is 40.2 Å². The van der Waals surface area contributed by atoms with Crippen molar-refractivity contribution in [2.45, 2.75) is 0 Å². The van der Waals surface area contributed by atoms with E-state index in [-0.39, 0.29) is 5.89 Å². The third-order valence-corrected chi connectivity index (χ3v) is 3.28. The highest BCUT2D eigenvalue weighted by atomic mass is 32.1. The molecule has 0 bridgehead atoms. The first-order valence-electron chi connectivity index (χ1n) is 5.17. The zero-order valence-corrected chi connectivity index (χ0v) is 9.95. The highest BCUT2D eigenvalue weighted by Crippen LogP contribution is 2.28. The first-order chi connectivity index (χ1) is 8.74. The van der Waals surface area contributed by atoms with Crippen LogP contribution in [0.25, 0.3) is 22.2 Å². The number of nitrogens with zero attached hydrogens (tertiary/aromatic N) is 2. The first kappa shape index (κ1) is 10.9. The van der Waals surface area contributed by atoms with Crippen LogP contribution in [0.1, 0.15) is 0 Å². The number of hydrogen-bond acceptors (Lipinski definition) is 5. The summed E-state index contributed by atoms with van der Waals surface area (Å²) in [5.41, 5.74) is 6.57. The smallest absolute Gasteiger partial charge is 0.260 e. The van der Waals surface area contributed by atoms with Gasteiger partial charge in [-0.3, -0.25) is 0 Å². The average molecular weight is 261 g/mol. The predicted molar refractivity (Wildman–Crippen MR) is 67.4 cm³/mol. The van der Waals surface area contributed by atoms with Gasteiger partial charge >= 0.3 is 0 Å². The van der Waals surface area contributed by atoms with Crippen molar-refractivity contribution in [3.8, 4) is 22.2 Å². The van der Waals surface area contributed by atoms with E-state index in [1.165, 1.54) is 29.5 Å². The Kier molecular flexibility index (Phi) is 2.56. The highest BCUT2D eigenvalue weighted by molar-refractivity contribution is 7.13. The quantitative estimate of drug-likeness (QED) is 0.719. The van der Waals surface area contributed by atoms with Crippen molar-refractivity contribution in [1.82, 2.24) is 10.1 Å². The van der Waals surface area contributed by atoms with Crippen LogP contribution >= 0.6 is 11.3 Å². The van der Waals surface area contributed by atoms with Gasteiger partial charge in [-0.1, -0.05) is 11.2 Å². The largest absolute Gasteiger partial charge is 0.398 e. The number of nitrogen functional groups attached to an aromatic ring is 1. The van der Waals surface area contributed by atoms with E-state index in [2.05, 4.69) is 10.1 Å². The van der Waals surface area contributed by atoms with Crippen molar-refractivity contribution < 1.29 is 8.91 Å². The Morgan fingerprint density at radius 1 is 1.28 bits per heavy atom. The number of hydrogen-bond donors (Lipinski definition) is 1. The number of thiophene rings is 1. The maximum Gasteiger partial charge on any atom is 0.260 e. The van der Waals surface area contributed by atoms with E-state index in [1.54, 1.807) is 0 Å². The third-order valence-electron chi connectivity index (χ3n) is 2.41. The summed E-state index contributed by atoms with van der Waals surface area (Å²) in [6.45, 7) is 0. The normalized spacial score (nSPS) is 10.7. The molecule has 0 spiro atoms. The lowest BCUT2D eigenvalue weighted by atomic mass is 10.2. The van der Waals surface area contributed by atoms with Gasteiger partial charge in [0, 0.05) is 5.69 Å². The molecule has 0 atom stereocenters. The lowest BCUT2D eigenvalue weighted by Crippen LogP contribution is -1.91. The monoisotopic (exact) mass is 261 g/mol. The van der Waals surface area contributed by atoms with Crippen LogP contribution < -0.4 is 5.73 Å². The Morgan fingerprint density at radius 2 is 2.17 bits per heavy atom. The van der Waals surface area contributed by atoms with Crippen molar-refractivity contribution in [3.05, 3.63) is 41.5 Å². The average Bonchev–Trinajstić information content (AvgIpc) is 3.00. The fraction of sp³-hybridized carbons (Fsp3) is 0. The van der Waals surface area contributed by atoms with E-state index in [4.69, 9.17) is 10.3 Å². The Hall–Kier alpha value is -2.21. The second kappa shape index (κ2) is 4.23. The molecule has 0 fully saturated rings. The number of aromatic nitrogens is 2. The van der Waals surface area contributed by atoms with Crippen LogP contribution in [0.2, 0.25) is 0 Å². The van der Waals surface area contributed by atoms with Gasteiger partial charge in [0.25, 0.3) is 5.89 Å². The van der Waals surface area contributed by atoms with Crippen LogP contribution in [-0.2, 0) is 0 Å². The summed E-state index contributed by atoms with van der Waals surface area (Å²) in [6, 6.07) is 7.82. The second-order valence-electron chi connectivity index (χ2n) is 3.63. The number of rotatable bonds is 2. The van der Waals surface area contributed by atoms with Crippen molar-refractivity contribution >= 4 is 17.0 Å². The van der Waals surface area contributed by atoms with Gasteiger partial charge in [0.2, 0.25) is 5.82 Å². The number of nitrogens with two attached hydrogens (primary N) is 1. The molecule has 1 aromatic carbocycles. The Morgan fingerprint density at radius 3 is 2.94 bits per heavy atom. The molecule has 6 heteroatoms. The summed E-state index contributed by atoms with van der Waals surface area (Å²) >= 11 is 1.50. The molecular formula is C12H8FN3OS. The fourth-order valence-corrected chi connectivity index (χ4v) is 2.20. The zero-order valence-electron chi connectivity index (χ0n) is 9.13. The molecule has 0 aliphatic carbocycles. The molecule has 4 nitrogen and oxygen atoms in total. The van der Waals surface area contributed by atoms with E-state index in [9.17, 15) is 4.39 Å². The SMILES string of the molecule is Nc1ccc(F)cc1-c1nc(-c2cccs2)no1. The van der Waals surface area contributed by atoms with Crippen molar-refractivity contribution in [1.29, 1.82) is 0 Å². The maximum atomic E-state index is 13.2. The van der Waals surface area contributed by atoms with Gasteiger partial charge in [-0.15, -0.1) is 11.3 Å². The van der Waals surface area contributed by atoms with Gasteiger partial charge in [0.05, 0.1) is 10.4 Å². The first-order valence-corrected chi connectivity index (χ1v) is 6.05. The van der Waals surface area contributed by atoms with Gasteiger partial charge in [-0.05, 0) is 29.6 Å². The second-order valence-corrected chi connectivity index (χ2v) is 4.58. The molecular weight excluding hydrogens is 253 g/mol. The number of benzene rings is 1. The van der Waals surface area contributed by atoms with E-state index in [0.717, 1.165) is 4.88 Å². The summed E-state index contributed by atoms with van der Waals surface area (Å²) in [4.78, 5) is 5.10. The molecule has 2 N–H and O–H groups in total. The Labute approximate surface area is 106 Å². The minimum atomic E-state index is -0.393. The van der Waals surface area contributed by atoms with Crippen molar-refractivity contribution in [2.24, 2.45) is 0 Å². The molecule has 0 saturated heterocycles. The molecule has 0 saturated carbocycles. The molecule has 2 aromatic heterocycles. The molecule has 18 heavy (non-hydrogen) atoms. The fourth-order valence-electron chi connectivity index (χ4n) is 1.55. The maximum absolute atomic E-state index is 13.2. The number of anilines is 1. The van der Waals surface area contributed by atoms with Crippen LogP contribution in [0.4, 0.5) is 10.1 Å². The summed E-state index contributed by atoms with van der Waals surface area (Å²) in [5, 5.41) is 5.77. The lowest BCUT2D eigenvalue weighted by molar-refractivity contribution is 0.432. The Balaban J connectivity index is 2.05. The molecule has 2 heterocycles. The van der Waals surface area contributed by atoms with E-state index >= 15 is 0 Å². The molecule has 90 valence electrons. The summed E-state index contributed by atoms with van der Waals surface area (Å²) in [5.74, 6) is 0.300. The van der Waals surface area contributed by atoms with E-state index in [1.807, 2.05) is 17.5 Å². The summed E-state index contributed by atoms with van der Waals surface area (Å²) < 4.78 is 18.3. The van der Waals surface area contributed by atoms with Crippen LogP contribution in [0.5, 0.6) is 0 Å². The predicted octanol–water partition coefficient (Wildman–Crippen LogP) is 3.19. The Bertz CT molecular complexity index is 678. The van der Waals surface area contributed by atoms with Crippen molar-refractivity contribution in [3.63, 3.8) is 0 Å². The lowest BCUT2D eigenvalue weighted by Gasteiger charge is -1.99. The molecule has 3 aromatic rings. The van der Waals surface area contributed by atoms with Gasteiger partial charge in [-0.2, -0.15) is 4.98 Å². The molecule has 0 aliphatic heterocycles. The topological polar surface area (TPSA) is 64.9 Å². The minimum absolute atomic E-state index is 0.218. The number of halogens is 1. The molecule has 0 aliphatic rings. The van der Waals surface area contributed by atoms with Gasteiger partial charge < -0.3 is 10.3 Å². The molecule has 0 amide bonds. The highest BCUT2D eigenvalue weighted by Gasteiger charge is 2.14.